The molecule has 0 aromatic heterocycles. The van der Waals surface area contributed by atoms with E-state index in [9.17, 15) is 4.79 Å². The molecule has 2 unspecified atom stereocenters. The molecule has 2 N–H and O–H groups in total. The van der Waals surface area contributed by atoms with Crippen molar-refractivity contribution in [1.82, 2.24) is 10.6 Å². The summed E-state index contributed by atoms with van der Waals surface area (Å²) in [5.41, 5.74) is 0. The van der Waals surface area contributed by atoms with Crippen LogP contribution in [0.3, 0.4) is 0 Å². The molecule has 1 heterocycles. The van der Waals surface area contributed by atoms with Crippen LogP contribution in [0.1, 0.15) is 46.0 Å². The molecule has 1 amide bonds. The normalized spacial score (nSPS) is 22.7. The fourth-order valence-electron chi connectivity index (χ4n) is 1.92. The quantitative estimate of drug-likeness (QED) is 0.703. The third kappa shape index (κ3) is 5.17. The van der Waals surface area contributed by atoms with Crippen molar-refractivity contribution >= 4 is 5.91 Å². The van der Waals surface area contributed by atoms with Crippen molar-refractivity contribution in [2.24, 2.45) is 5.92 Å². The molecule has 1 aliphatic rings. The number of hydrogen-bond donors (Lipinski definition) is 2. The van der Waals surface area contributed by atoms with Gasteiger partial charge >= 0.3 is 0 Å². The molecule has 88 valence electrons. The van der Waals surface area contributed by atoms with Crippen LogP contribution in [0.2, 0.25) is 0 Å². The van der Waals surface area contributed by atoms with Gasteiger partial charge in [-0.1, -0.05) is 20.3 Å². The first-order chi connectivity index (χ1) is 7.22. The highest BCUT2D eigenvalue weighted by molar-refractivity contribution is 5.76. The van der Waals surface area contributed by atoms with Gasteiger partial charge in [-0.3, -0.25) is 4.79 Å². The molecule has 3 nitrogen and oxygen atoms in total. The van der Waals surface area contributed by atoms with Gasteiger partial charge in [0.15, 0.2) is 0 Å². The van der Waals surface area contributed by atoms with Gasteiger partial charge in [-0.05, 0) is 31.7 Å². The maximum atomic E-state index is 11.5. The summed E-state index contributed by atoms with van der Waals surface area (Å²) in [6, 6.07) is 0.633. The lowest BCUT2D eigenvalue weighted by molar-refractivity contribution is -0.121. The van der Waals surface area contributed by atoms with Crippen LogP contribution in [0.4, 0.5) is 0 Å². The van der Waals surface area contributed by atoms with Crippen molar-refractivity contribution in [1.29, 1.82) is 0 Å². The van der Waals surface area contributed by atoms with Gasteiger partial charge in [0.25, 0.3) is 0 Å². The maximum absolute atomic E-state index is 11.5. The van der Waals surface area contributed by atoms with Gasteiger partial charge in [0.1, 0.15) is 0 Å². The first kappa shape index (κ1) is 12.5. The first-order valence-electron chi connectivity index (χ1n) is 6.22. The average molecular weight is 212 g/mol. The molecule has 15 heavy (non-hydrogen) atoms. The third-order valence-corrected chi connectivity index (χ3v) is 3.21. The van der Waals surface area contributed by atoms with Gasteiger partial charge in [-0.2, -0.15) is 0 Å². The van der Waals surface area contributed by atoms with Gasteiger partial charge in [0, 0.05) is 19.0 Å². The summed E-state index contributed by atoms with van der Waals surface area (Å²) in [6.07, 6.45) is 5.38. The number of rotatable bonds is 6. The van der Waals surface area contributed by atoms with E-state index in [0.717, 1.165) is 25.9 Å². The van der Waals surface area contributed by atoms with Gasteiger partial charge in [-0.15, -0.1) is 0 Å². The summed E-state index contributed by atoms with van der Waals surface area (Å²) >= 11 is 0. The molecule has 0 aromatic carbocycles. The summed E-state index contributed by atoms with van der Waals surface area (Å²) in [5, 5.41) is 6.43. The molecular formula is C12H24N2O. The molecule has 0 radical (unpaired) electrons. The third-order valence-electron chi connectivity index (χ3n) is 3.21. The largest absolute Gasteiger partial charge is 0.356 e. The lowest BCUT2D eigenvalue weighted by atomic mass is 10.0. The van der Waals surface area contributed by atoms with E-state index in [0.29, 0.717) is 18.4 Å². The zero-order valence-electron chi connectivity index (χ0n) is 10.0. The SMILES string of the molecule is CCC(C)CC(=O)NCCC1CCCN1. The highest BCUT2D eigenvalue weighted by Crippen LogP contribution is 2.08. The summed E-state index contributed by atoms with van der Waals surface area (Å²) in [7, 11) is 0. The van der Waals surface area contributed by atoms with Gasteiger partial charge in [0.05, 0.1) is 0 Å². The number of hydrogen-bond acceptors (Lipinski definition) is 2. The molecule has 1 fully saturated rings. The highest BCUT2D eigenvalue weighted by Gasteiger charge is 2.13. The Kier molecular flexibility index (Phi) is 5.69. The van der Waals surface area contributed by atoms with E-state index in [1.165, 1.54) is 12.8 Å². The van der Waals surface area contributed by atoms with Crippen molar-refractivity contribution in [3.8, 4) is 0 Å². The van der Waals surface area contributed by atoms with Crippen molar-refractivity contribution in [3.05, 3.63) is 0 Å². The molecular weight excluding hydrogens is 188 g/mol. The van der Waals surface area contributed by atoms with Crippen LogP contribution >= 0.6 is 0 Å². The fourth-order valence-corrected chi connectivity index (χ4v) is 1.92. The Bertz CT molecular complexity index is 188. The van der Waals surface area contributed by atoms with E-state index in [1.54, 1.807) is 0 Å². The summed E-state index contributed by atoms with van der Waals surface area (Å²) in [4.78, 5) is 11.5. The molecule has 1 saturated heterocycles. The van der Waals surface area contributed by atoms with E-state index in [-0.39, 0.29) is 5.91 Å². The van der Waals surface area contributed by atoms with Gasteiger partial charge in [-0.25, -0.2) is 0 Å². The van der Waals surface area contributed by atoms with Crippen LogP contribution in [0.15, 0.2) is 0 Å². The van der Waals surface area contributed by atoms with Crippen LogP contribution in [-0.4, -0.2) is 25.0 Å². The number of carbonyl (C=O) groups excluding carboxylic acids is 1. The number of nitrogens with one attached hydrogen (secondary N) is 2. The molecule has 1 rings (SSSR count). The van der Waals surface area contributed by atoms with Crippen molar-refractivity contribution in [2.45, 2.75) is 52.0 Å². The van der Waals surface area contributed by atoms with Crippen LogP contribution < -0.4 is 10.6 Å². The predicted octanol–water partition coefficient (Wildman–Crippen LogP) is 1.68. The van der Waals surface area contributed by atoms with E-state index >= 15 is 0 Å². The molecule has 3 heteroatoms. The molecule has 1 aliphatic heterocycles. The molecule has 0 aromatic rings. The lowest BCUT2D eigenvalue weighted by Crippen LogP contribution is -2.31. The molecule has 0 spiro atoms. The van der Waals surface area contributed by atoms with Crippen molar-refractivity contribution in [2.75, 3.05) is 13.1 Å². The Morgan fingerprint density at radius 3 is 3.00 bits per heavy atom. The van der Waals surface area contributed by atoms with Crippen LogP contribution in [0, 0.1) is 5.92 Å². The van der Waals surface area contributed by atoms with Crippen LogP contribution in [0.25, 0.3) is 0 Å². The maximum Gasteiger partial charge on any atom is 0.220 e. The van der Waals surface area contributed by atoms with E-state index in [2.05, 4.69) is 24.5 Å². The summed E-state index contributed by atoms with van der Waals surface area (Å²) in [6.45, 7) is 6.22. The zero-order chi connectivity index (χ0) is 11.1. The van der Waals surface area contributed by atoms with E-state index < -0.39 is 0 Å². The minimum Gasteiger partial charge on any atom is -0.356 e. The second-order valence-corrected chi connectivity index (χ2v) is 4.65. The number of carbonyl (C=O) groups is 1. The van der Waals surface area contributed by atoms with Crippen molar-refractivity contribution in [3.63, 3.8) is 0 Å². The Morgan fingerprint density at radius 2 is 2.40 bits per heavy atom. The fraction of sp³-hybridized carbons (Fsp3) is 0.917. The minimum absolute atomic E-state index is 0.211. The average Bonchev–Trinajstić information content (AvgIpc) is 2.70. The smallest absolute Gasteiger partial charge is 0.220 e. The summed E-state index contributed by atoms with van der Waals surface area (Å²) in [5.74, 6) is 0.719. The predicted molar refractivity (Wildman–Crippen MR) is 62.7 cm³/mol. The van der Waals surface area contributed by atoms with Gasteiger partial charge < -0.3 is 10.6 Å². The Hall–Kier alpha value is -0.570. The second kappa shape index (κ2) is 6.83. The molecule has 0 aliphatic carbocycles. The number of amides is 1. The topological polar surface area (TPSA) is 41.1 Å². The van der Waals surface area contributed by atoms with Crippen molar-refractivity contribution < 1.29 is 4.79 Å². The zero-order valence-corrected chi connectivity index (χ0v) is 10.0. The molecule has 0 saturated carbocycles. The Morgan fingerprint density at radius 1 is 1.60 bits per heavy atom. The molecule has 2 atom stereocenters. The van der Waals surface area contributed by atoms with Crippen LogP contribution in [0.5, 0.6) is 0 Å². The van der Waals surface area contributed by atoms with Crippen LogP contribution in [-0.2, 0) is 4.79 Å². The monoisotopic (exact) mass is 212 g/mol. The van der Waals surface area contributed by atoms with Gasteiger partial charge in [0.2, 0.25) is 5.91 Å². The Labute approximate surface area is 93.0 Å². The minimum atomic E-state index is 0.211. The van der Waals surface area contributed by atoms with E-state index in [1.807, 2.05) is 0 Å². The lowest BCUT2D eigenvalue weighted by Gasteiger charge is -2.12. The van der Waals surface area contributed by atoms with E-state index in [4.69, 9.17) is 0 Å². The first-order valence-corrected chi connectivity index (χ1v) is 6.22. The summed E-state index contributed by atoms with van der Waals surface area (Å²) < 4.78 is 0. The standard InChI is InChI=1S/C12H24N2O/c1-3-10(2)9-12(15)14-8-6-11-5-4-7-13-11/h10-11,13H,3-9H2,1-2H3,(H,14,15). The highest BCUT2D eigenvalue weighted by atomic mass is 16.1. The second-order valence-electron chi connectivity index (χ2n) is 4.65. The molecule has 0 bridgehead atoms. The Balaban J connectivity index is 2.01.